The number of hydrogen-bond acceptors (Lipinski definition) is 2. The molecule has 3 nitrogen and oxygen atoms in total. The molecule has 1 unspecified atom stereocenters. The van der Waals surface area contributed by atoms with Crippen LogP contribution in [0.15, 0.2) is 24.3 Å². The molecule has 3 heteroatoms. The Balaban J connectivity index is 1.82. The van der Waals surface area contributed by atoms with E-state index in [1.54, 1.807) is 0 Å². The van der Waals surface area contributed by atoms with Crippen LogP contribution in [0.3, 0.4) is 0 Å². The number of nitrogens with zero attached hydrogens (tertiary/aromatic N) is 1. The molecule has 1 saturated heterocycles. The third-order valence-electron chi connectivity index (χ3n) is 3.65. The third kappa shape index (κ3) is 4.06. The normalized spacial score (nSPS) is 19.5. The van der Waals surface area contributed by atoms with Crippen molar-refractivity contribution in [2.45, 2.75) is 39.2 Å². The van der Waals surface area contributed by atoms with Gasteiger partial charge in [-0.1, -0.05) is 31.2 Å². The Kier molecular flexibility index (Phi) is 4.97. The average molecular weight is 261 g/mol. The predicted octanol–water partition coefficient (Wildman–Crippen LogP) is 2.43. The molecule has 1 aromatic rings. The zero-order valence-electron chi connectivity index (χ0n) is 11.9. The number of carbonyl (C=O) groups excluding carboxylic acids is 1. The third-order valence-corrected chi connectivity index (χ3v) is 3.65. The number of benzene rings is 1. The van der Waals surface area contributed by atoms with Gasteiger partial charge in [-0.3, -0.25) is 4.79 Å². The first-order valence-corrected chi connectivity index (χ1v) is 7.16. The number of amides is 1. The molecule has 1 aliphatic heterocycles. The minimum absolute atomic E-state index is 0.168. The molecular weight excluding hydrogens is 238 g/mol. The lowest BCUT2D eigenvalue weighted by molar-refractivity contribution is -0.138. The average Bonchev–Trinajstić information content (AvgIpc) is 2.45. The van der Waals surface area contributed by atoms with E-state index in [1.165, 1.54) is 11.1 Å². The van der Waals surface area contributed by atoms with E-state index in [9.17, 15) is 4.79 Å². The van der Waals surface area contributed by atoms with Crippen LogP contribution in [0.1, 0.15) is 31.4 Å². The highest BCUT2D eigenvalue weighted by Gasteiger charge is 2.20. The largest absolute Gasteiger partial charge is 0.375 e. The van der Waals surface area contributed by atoms with E-state index < -0.39 is 0 Å². The maximum absolute atomic E-state index is 12.1. The van der Waals surface area contributed by atoms with Gasteiger partial charge in [0.1, 0.15) is 0 Å². The SMILES string of the molecule is CCc1ccc(CCC(=O)N2CCOC(C)C2)cc1. The predicted molar refractivity (Wildman–Crippen MR) is 76.1 cm³/mol. The molecule has 1 heterocycles. The molecule has 0 N–H and O–H groups in total. The van der Waals surface area contributed by atoms with Crippen LogP contribution in [0.4, 0.5) is 0 Å². The number of hydrogen-bond donors (Lipinski definition) is 0. The lowest BCUT2D eigenvalue weighted by atomic mass is 10.1. The van der Waals surface area contributed by atoms with Crippen molar-refractivity contribution in [1.29, 1.82) is 0 Å². The van der Waals surface area contributed by atoms with Gasteiger partial charge < -0.3 is 9.64 Å². The molecule has 2 rings (SSSR count). The maximum atomic E-state index is 12.1. The van der Waals surface area contributed by atoms with Gasteiger partial charge in [0, 0.05) is 19.5 Å². The molecule has 0 bridgehead atoms. The van der Waals surface area contributed by atoms with Gasteiger partial charge in [-0.15, -0.1) is 0 Å². The number of aryl methyl sites for hydroxylation is 2. The van der Waals surface area contributed by atoms with Gasteiger partial charge in [-0.2, -0.15) is 0 Å². The van der Waals surface area contributed by atoms with Crippen molar-refractivity contribution in [3.8, 4) is 0 Å². The second-order valence-corrected chi connectivity index (χ2v) is 5.19. The van der Waals surface area contributed by atoms with Crippen molar-refractivity contribution < 1.29 is 9.53 Å². The molecular formula is C16H23NO2. The summed E-state index contributed by atoms with van der Waals surface area (Å²) in [4.78, 5) is 14.0. The zero-order valence-corrected chi connectivity index (χ0v) is 11.9. The molecule has 19 heavy (non-hydrogen) atoms. The van der Waals surface area contributed by atoms with Crippen LogP contribution in [-0.4, -0.2) is 36.6 Å². The summed E-state index contributed by atoms with van der Waals surface area (Å²) in [6.45, 7) is 6.30. The summed E-state index contributed by atoms with van der Waals surface area (Å²) in [6, 6.07) is 8.56. The molecule has 0 aliphatic carbocycles. The summed E-state index contributed by atoms with van der Waals surface area (Å²) in [5.74, 6) is 0.245. The molecule has 104 valence electrons. The highest BCUT2D eigenvalue weighted by molar-refractivity contribution is 5.76. The van der Waals surface area contributed by atoms with Crippen molar-refractivity contribution in [2.75, 3.05) is 19.7 Å². The Labute approximate surface area is 115 Å². The van der Waals surface area contributed by atoms with Gasteiger partial charge in [-0.25, -0.2) is 0 Å². The minimum Gasteiger partial charge on any atom is -0.375 e. The van der Waals surface area contributed by atoms with E-state index in [0.717, 1.165) is 25.9 Å². The van der Waals surface area contributed by atoms with Gasteiger partial charge in [0.05, 0.1) is 12.7 Å². The number of carbonyl (C=O) groups is 1. The fourth-order valence-electron chi connectivity index (χ4n) is 2.40. The van der Waals surface area contributed by atoms with Gasteiger partial charge in [0.25, 0.3) is 0 Å². The first-order chi connectivity index (χ1) is 9.19. The Bertz CT molecular complexity index is 413. The highest BCUT2D eigenvalue weighted by atomic mass is 16.5. The van der Waals surface area contributed by atoms with Crippen molar-refractivity contribution in [3.63, 3.8) is 0 Å². The molecule has 1 aromatic carbocycles. The lowest BCUT2D eigenvalue weighted by Gasteiger charge is -2.31. The Hall–Kier alpha value is -1.35. The van der Waals surface area contributed by atoms with Crippen LogP contribution < -0.4 is 0 Å². The quantitative estimate of drug-likeness (QED) is 0.833. The summed E-state index contributed by atoms with van der Waals surface area (Å²) in [5, 5.41) is 0. The molecule has 0 saturated carbocycles. The monoisotopic (exact) mass is 261 g/mol. The Morgan fingerprint density at radius 2 is 2.00 bits per heavy atom. The highest BCUT2D eigenvalue weighted by Crippen LogP contribution is 2.10. The summed E-state index contributed by atoms with van der Waals surface area (Å²) >= 11 is 0. The number of morpholine rings is 1. The van der Waals surface area contributed by atoms with Gasteiger partial charge in [0.2, 0.25) is 5.91 Å². The maximum Gasteiger partial charge on any atom is 0.223 e. The van der Waals surface area contributed by atoms with Crippen molar-refractivity contribution in [1.82, 2.24) is 4.90 Å². The van der Waals surface area contributed by atoms with E-state index in [4.69, 9.17) is 4.74 Å². The van der Waals surface area contributed by atoms with E-state index in [2.05, 4.69) is 31.2 Å². The summed E-state index contributed by atoms with van der Waals surface area (Å²) in [5.41, 5.74) is 2.59. The summed E-state index contributed by atoms with van der Waals surface area (Å²) in [6.07, 6.45) is 2.65. The van der Waals surface area contributed by atoms with Gasteiger partial charge in [-0.05, 0) is 30.9 Å². The fourth-order valence-corrected chi connectivity index (χ4v) is 2.40. The topological polar surface area (TPSA) is 29.5 Å². The molecule has 1 amide bonds. The van der Waals surface area contributed by atoms with Crippen LogP contribution in [-0.2, 0) is 22.4 Å². The van der Waals surface area contributed by atoms with Crippen LogP contribution in [0.2, 0.25) is 0 Å². The second-order valence-electron chi connectivity index (χ2n) is 5.19. The van der Waals surface area contributed by atoms with Crippen molar-refractivity contribution >= 4 is 5.91 Å². The Morgan fingerprint density at radius 1 is 1.32 bits per heavy atom. The van der Waals surface area contributed by atoms with Crippen LogP contribution >= 0.6 is 0 Å². The molecule has 1 atom stereocenters. The van der Waals surface area contributed by atoms with Crippen molar-refractivity contribution in [3.05, 3.63) is 35.4 Å². The zero-order chi connectivity index (χ0) is 13.7. The van der Waals surface area contributed by atoms with Crippen LogP contribution in [0.25, 0.3) is 0 Å². The number of rotatable bonds is 4. The van der Waals surface area contributed by atoms with E-state index in [1.807, 2.05) is 11.8 Å². The van der Waals surface area contributed by atoms with Crippen molar-refractivity contribution in [2.24, 2.45) is 0 Å². The number of ether oxygens (including phenoxy) is 1. The summed E-state index contributed by atoms with van der Waals surface area (Å²) < 4.78 is 5.45. The second kappa shape index (κ2) is 6.71. The first kappa shape index (κ1) is 14.1. The Morgan fingerprint density at radius 3 is 2.63 bits per heavy atom. The fraction of sp³-hybridized carbons (Fsp3) is 0.562. The molecule has 0 spiro atoms. The molecule has 1 fully saturated rings. The lowest BCUT2D eigenvalue weighted by Crippen LogP contribution is -2.44. The standard InChI is InChI=1S/C16H23NO2/c1-3-14-4-6-15(7-5-14)8-9-16(18)17-10-11-19-13(2)12-17/h4-7,13H,3,8-12H2,1-2H3. The molecule has 1 aliphatic rings. The first-order valence-electron chi connectivity index (χ1n) is 7.16. The van der Waals surface area contributed by atoms with E-state index >= 15 is 0 Å². The van der Waals surface area contributed by atoms with Crippen LogP contribution in [0, 0.1) is 0 Å². The summed E-state index contributed by atoms with van der Waals surface area (Å²) in [7, 11) is 0. The minimum atomic E-state index is 0.168. The molecule has 0 aromatic heterocycles. The van der Waals surface area contributed by atoms with Gasteiger partial charge >= 0.3 is 0 Å². The van der Waals surface area contributed by atoms with Gasteiger partial charge in [0.15, 0.2) is 0 Å². The smallest absolute Gasteiger partial charge is 0.223 e. The van der Waals surface area contributed by atoms with Crippen LogP contribution in [0.5, 0.6) is 0 Å². The van der Waals surface area contributed by atoms with E-state index in [0.29, 0.717) is 13.0 Å². The van der Waals surface area contributed by atoms with E-state index in [-0.39, 0.29) is 12.0 Å². The molecule has 0 radical (unpaired) electrons.